The van der Waals surface area contributed by atoms with Gasteiger partial charge in [0.2, 0.25) is 5.95 Å². The molecule has 1 saturated heterocycles. The maximum atomic E-state index is 13.5. The predicted molar refractivity (Wildman–Crippen MR) is 66.0 cm³/mol. The van der Waals surface area contributed by atoms with E-state index in [9.17, 15) is 13.2 Å². The van der Waals surface area contributed by atoms with Crippen molar-refractivity contribution in [2.45, 2.75) is 18.8 Å². The number of halogens is 3. The molecule has 19 heavy (non-hydrogen) atoms. The smallest absolute Gasteiger partial charge is 0.251 e. The van der Waals surface area contributed by atoms with Crippen molar-refractivity contribution >= 4 is 17.0 Å². The molecule has 2 N–H and O–H groups in total. The normalized spacial score (nSPS) is 19.0. The van der Waals surface area contributed by atoms with Crippen LogP contribution in [0.3, 0.4) is 0 Å². The van der Waals surface area contributed by atoms with Crippen molar-refractivity contribution < 1.29 is 13.2 Å². The van der Waals surface area contributed by atoms with Gasteiger partial charge in [0.1, 0.15) is 0 Å². The van der Waals surface area contributed by atoms with Gasteiger partial charge < -0.3 is 10.6 Å². The molecule has 0 saturated carbocycles. The fraction of sp³-hybridized carbons (Fsp3) is 0.417. The van der Waals surface area contributed by atoms with E-state index in [0.29, 0.717) is 17.0 Å². The lowest BCUT2D eigenvalue weighted by Gasteiger charge is -2.33. The zero-order chi connectivity index (χ0) is 13.6. The van der Waals surface area contributed by atoms with Crippen molar-refractivity contribution in [1.29, 1.82) is 0 Å². The molecule has 4 nitrogen and oxygen atoms in total. The third kappa shape index (κ3) is 2.09. The quantitative estimate of drug-likeness (QED) is 0.864. The van der Waals surface area contributed by atoms with Crippen LogP contribution in [0.5, 0.6) is 0 Å². The van der Waals surface area contributed by atoms with Gasteiger partial charge in [0.05, 0.1) is 17.6 Å². The molecule has 7 heteroatoms. The molecule has 0 amide bonds. The lowest BCUT2D eigenvalue weighted by Crippen LogP contribution is -2.39. The van der Waals surface area contributed by atoms with Gasteiger partial charge in [-0.15, -0.1) is 0 Å². The summed E-state index contributed by atoms with van der Waals surface area (Å²) in [7, 11) is 0. The van der Waals surface area contributed by atoms with Crippen LogP contribution in [0.4, 0.5) is 24.5 Å². The first-order valence-corrected chi connectivity index (χ1v) is 6.01. The van der Waals surface area contributed by atoms with Crippen LogP contribution in [0.2, 0.25) is 0 Å². The number of rotatable bonds is 1. The van der Waals surface area contributed by atoms with E-state index < -0.39 is 11.9 Å². The fourth-order valence-corrected chi connectivity index (χ4v) is 2.37. The first kappa shape index (κ1) is 12.1. The Hall–Kier alpha value is -1.92. The molecular weight excluding hydrogens is 257 g/mol. The van der Waals surface area contributed by atoms with Crippen LogP contribution in [-0.4, -0.2) is 28.4 Å². The van der Waals surface area contributed by atoms with Crippen molar-refractivity contribution in [2.75, 3.05) is 23.7 Å². The van der Waals surface area contributed by atoms with Gasteiger partial charge in [-0.3, -0.25) is 4.40 Å². The standard InChI is InChI=1S/C12H13F3N4/c13-10-6-17-11-9(5-8(16)7-19(10)11)18-3-1-12(14,15)2-4-18/h5-7H,1-4,16H2. The molecule has 0 aromatic carbocycles. The molecular formula is C12H13F3N4. The summed E-state index contributed by atoms with van der Waals surface area (Å²) < 4.78 is 41.1. The average Bonchev–Trinajstić information content (AvgIpc) is 2.71. The van der Waals surface area contributed by atoms with E-state index in [0.717, 1.165) is 6.20 Å². The summed E-state index contributed by atoms with van der Waals surface area (Å²) in [6.45, 7) is 0.418. The molecule has 1 aliphatic heterocycles. The van der Waals surface area contributed by atoms with Crippen LogP contribution in [0.25, 0.3) is 5.65 Å². The largest absolute Gasteiger partial charge is 0.397 e. The SMILES string of the molecule is Nc1cc(N2CCC(F)(F)CC2)c2ncc(F)n2c1. The van der Waals surface area contributed by atoms with Gasteiger partial charge in [-0.25, -0.2) is 13.8 Å². The van der Waals surface area contributed by atoms with Gasteiger partial charge in [0.25, 0.3) is 5.92 Å². The molecule has 1 fully saturated rings. The number of alkyl halides is 2. The zero-order valence-electron chi connectivity index (χ0n) is 10.1. The van der Waals surface area contributed by atoms with Gasteiger partial charge in [-0.05, 0) is 6.07 Å². The number of pyridine rings is 1. The molecule has 0 radical (unpaired) electrons. The molecule has 0 unspecified atom stereocenters. The van der Waals surface area contributed by atoms with Gasteiger partial charge >= 0.3 is 0 Å². The summed E-state index contributed by atoms with van der Waals surface area (Å²) in [4.78, 5) is 5.75. The Balaban J connectivity index is 2.01. The number of nitrogens with two attached hydrogens (primary N) is 1. The number of hydrogen-bond acceptors (Lipinski definition) is 3. The monoisotopic (exact) mass is 270 g/mol. The van der Waals surface area contributed by atoms with Gasteiger partial charge in [0.15, 0.2) is 5.65 Å². The second-order valence-electron chi connectivity index (χ2n) is 4.78. The Morgan fingerprint density at radius 3 is 2.63 bits per heavy atom. The fourth-order valence-electron chi connectivity index (χ4n) is 2.37. The molecule has 3 heterocycles. The number of fused-ring (bicyclic) bond motifs is 1. The Morgan fingerprint density at radius 1 is 1.26 bits per heavy atom. The van der Waals surface area contributed by atoms with Crippen LogP contribution >= 0.6 is 0 Å². The predicted octanol–water partition coefficient (Wildman–Crippen LogP) is 2.29. The summed E-state index contributed by atoms with van der Waals surface area (Å²) in [5, 5.41) is 0. The molecule has 0 atom stereocenters. The maximum Gasteiger partial charge on any atom is 0.251 e. The van der Waals surface area contributed by atoms with Crippen molar-refractivity contribution in [3.63, 3.8) is 0 Å². The van der Waals surface area contributed by atoms with Crippen molar-refractivity contribution in [2.24, 2.45) is 0 Å². The minimum atomic E-state index is -2.62. The summed E-state index contributed by atoms with van der Waals surface area (Å²) in [5.41, 5.74) is 7.09. The minimum absolute atomic E-state index is 0.209. The van der Waals surface area contributed by atoms with E-state index >= 15 is 0 Å². The summed E-state index contributed by atoms with van der Waals surface area (Å²) in [5.74, 6) is -3.14. The second kappa shape index (κ2) is 4.04. The Morgan fingerprint density at radius 2 is 1.95 bits per heavy atom. The number of piperidine rings is 1. The van der Waals surface area contributed by atoms with Gasteiger partial charge in [0, 0.05) is 32.1 Å². The van der Waals surface area contributed by atoms with Crippen molar-refractivity contribution in [3.05, 3.63) is 24.4 Å². The number of anilines is 2. The van der Waals surface area contributed by atoms with Crippen LogP contribution in [-0.2, 0) is 0 Å². The molecule has 0 spiro atoms. The topological polar surface area (TPSA) is 46.6 Å². The molecule has 102 valence electrons. The van der Waals surface area contributed by atoms with Gasteiger partial charge in [-0.1, -0.05) is 0 Å². The molecule has 0 aliphatic carbocycles. The van der Waals surface area contributed by atoms with E-state index in [1.165, 1.54) is 10.6 Å². The first-order valence-electron chi connectivity index (χ1n) is 6.01. The number of imidazole rings is 1. The lowest BCUT2D eigenvalue weighted by atomic mass is 10.1. The minimum Gasteiger partial charge on any atom is -0.397 e. The van der Waals surface area contributed by atoms with E-state index in [4.69, 9.17) is 5.73 Å². The average molecular weight is 270 g/mol. The maximum absolute atomic E-state index is 13.5. The highest BCUT2D eigenvalue weighted by atomic mass is 19.3. The van der Waals surface area contributed by atoms with E-state index in [1.807, 2.05) is 0 Å². The Bertz CT molecular complexity index is 613. The van der Waals surface area contributed by atoms with Crippen LogP contribution in [0.1, 0.15) is 12.8 Å². The van der Waals surface area contributed by atoms with E-state index in [2.05, 4.69) is 4.98 Å². The van der Waals surface area contributed by atoms with Crippen LogP contribution in [0, 0.1) is 5.95 Å². The molecule has 2 aromatic rings. The first-order chi connectivity index (χ1) is 8.96. The third-order valence-electron chi connectivity index (χ3n) is 3.40. The number of nitrogen functional groups attached to an aromatic ring is 1. The summed E-state index contributed by atoms with van der Waals surface area (Å²) >= 11 is 0. The summed E-state index contributed by atoms with van der Waals surface area (Å²) in [6, 6.07) is 1.64. The highest BCUT2D eigenvalue weighted by Crippen LogP contribution is 2.32. The molecule has 3 rings (SSSR count). The van der Waals surface area contributed by atoms with Crippen molar-refractivity contribution in [1.82, 2.24) is 9.38 Å². The summed E-state index contributed by atoms with van der Waals surface area (Å²) in [6.07, 6.45) is 2.10. The number of hydrogen-bond donors (Lipinski definition) is 1. The third-order valence-corrected chi connectivity index (χ3v) is 3.40. The number of aromatic nitrogens is 2. The van der Waals surface area contributed by atoms with E-state index in [1.54, 1.807) is 11.0 Å². The molecule has 1 aliphatic rings. The molecule has 2 aromatic heterocycles. The van der Waals surface area contributed by atoms with Crippen LogP contribution in [0.15, 0.2) is 18.5 Å². The zero-order valence-corrected chi connectivity index (χ0v) is 10.1. The van der Waals surface area contributed by atoms with Crippen LogP contribution < -0.4 is 10.6 Å². The lowest BCUT2D eigenvalue weighted by molar-refractivity contribution is -0.0220. The molecule has 0 bridgehead atoms. The highest BCUT2D eigenvalue weighted by Gasteiger charge is 2.34. The Kier molecular flexibility index (Phi) is 2.58. The van der Waals surface area contributed by atoms with Crippen molar-refractivity contribution in [3.8, 4) is 0 Å². The Labute approximate surface area is 107 Å². The second-order valence-corrected chi connectivity index (χ2v) is 4.78. The van der Waals surface area contributed by atoms with E-state index in [-0.39, 0.29) is 25.9 Å². The highest BCUT2D eigenvalue weighted by molar-refractivity contribution is 5.73. The van der Waals surface area contributed by atoms with Gasteiger partial charge in [-0.2, -0.15) is 4.39 Å². The number of nitrogens with zero attached hydrogens (tertiary/aromatic N) is 3.